The van der Waals surface area contributed by atoms with E-state index in [-0.39, 0.29) is 12.3 Å². The van der Waals surface area contributed by atoms with Gasteiger partial charge in [-0.3, -0.25) is 14.7 Å². The Balaban J connectivity index is 1.40. The molecule has 3 heterocycles. The average molecular weight is 496 g/mol. The van der Waals surface area contributed by atoms with Crippen LogP contribution in [0.5, 0.6) is 5.75 Å². The second kappa shape index (κ2) is 11.1. The van der Waals surface area contributed by atoms with Crippen LogP contribution in [0, 0.1) is 6.92 Å². The molecule has 3 aromatic rings. The highest BCUT2D eigenvalue weighted by molar-refractivity contribution is 6.32. The number of benzene rings is 1. The van der Waals surface area contributed by atoms with Gasteiger partial charge in [-0.15, -0.1) is 0 Å². The van der Waals surface area contributed by atoms with E-state index in [1.54, 1.807) is 12.1 Å². The molecule has 4 rings (SSSR count). The zero-order valence-corrected chi connectivity index (χ0v) is 20.9. The topological polar surface area (TPSA) is 75.9 Å². The van der Waals surface area contributed by atoms with Gasteiger partial charge in [-0.1, -0.05) is 24.2 Å². The minimum atomic E-state index is -0.509. The third-order valence-corrected chi connectivity index (χ3v) is 6.57. The van der Waals surface area contributed by atoms with Gasteiger partial charge >= 0.3 is 5.63 Å². The number of hydrogen-bond acceptors (Lipinski definition) is 6. The zero-order chi connectivity index (χ0) is 24.9. The molecule has 7 nitrogen and oxygen atoms in total. The second-order valence-corrected chi connectivity index (χ2v) is 9.40. The number of hydrogen-bond donors (Lipinski definition) is 0. The summed E-state index contributed by atoms with van der Waals surface area (Å²) in [7, 11) is 0. The summed E-state index contributed by atoms with van der Waals surface area (Å²) < 4.78 is 11.2. The summed E-state index contributed by atoms with van der Waals surface area (Å²) in [4.78, 5) is 34.3. The van der Waals surface area contributed by atoms with Crippen molar-refractivity contribution in [3.05, 3.63) is 80.9 Å². The normalized spacial score (nSPS) is 14.3. The molecule has 35 heavy (non-hydrogen) atoms. The number of aromatic nitrogens is 1. The van der Waals surface area contributed by atoms with Gasteiger partial charge in [0, 0.05) is 62.5 Å². The van der Waals surface area contributed by atoms with Gasteiger partial charge in [-0.25, -0.2) is 4.79 Å². The average Bonchev–Trinajstić information content (AvgIpc) is 2.85. The highest BCUT2D eigenvalue weighted by Crippen LogP contribution is 2.32. The van der Waals surface area contributed by atoms with Crippen molar-refractivity contribution in [3.8, 4) is 5.75 Å². The van der Waals surface area contributed by atoms with E-state index in [4.69, 9.17) is 20.8 Å². The van der Waals surface area contributed by atoms with Gasteiger partial charge in [-0.05, 0) is 43.2 Å². The van der Waals surface area contributed by atoms with Gasteiger partial charge in [0.05, 0.1) is 17.0 Å². The minimum absolute atomic E-state index is 0.00354. The molecule has 2 aromatic heterocycles. The van der Waals surface area contributed by atoms with Crippen LogP contribution in [0.25, 0.3) is 11.0 Å². The third-order valence-electron chi connectivity index (χ3n) is 6.28. The van der Waals surface area contributed by atoms with Crippen LogP contribution in [0.2, 0.25) is 5.02 Å². The van der Waals surface area contributed by atoms with Crippen molar-refractivity contribution in [3.63, 3.8) is 0 Å². The van der Waals surface area contributed by atoms with E-state index in [9.17, 15) is 9.59 Å². The van der Waals surface area contributed by atoms with Crippen LogP contribution in [0.15, 0.2) is 57.9 Å². The van der Waals surface area contributed by atoms with Crippen LogP contribution in [-0.4, -0.2) is 60.0 Å². The van der Waals surface area contributed by atoms with E-state index in [2.05, 4.69) is 16.5 Å². The standard InChI is InChI=1S/C27H30ClN3O4/c1-18(2)17-34-25-16-24-21(14-23(25)28)19(3)22(27(33)35-24)15-26(32)31-12-10-30(11-13-31)9-7-20-6-4-5-8-29-20/h4-6,8,14,16H,1,7,9-13,15,17H2,2-3H3. The monoisotopic (exact) mass is 495 g/mol. The number of halogens is 1. The van der Waals surface area contributed by atoms with Crippen LogP contribution in [0.1, 0.15) is 23.7 Å². The molecule has 0 radical (unpaired) electrons. The maximum atomic E-state index is 13.0. The summed E-state index contributed by atoms with van der Waals surface area (Å²) in [6.07, 6.45) is 2.69. The lowest BCUT2D eigenvalue weighted by Gasteiger charge is -2.34. The molecule has 0 unspecified atom stereocenters. The molecule has 0 saturated carbocycles. The molecule has 8 heteroatoms. The van der Waals surface area contributed by atoms with Crippen LogP contribution in [-0.2, 0) is 17.6 Å². The number of aryl methyl sites for hydroxylation is 1. The van der Waals surface area contributed by atoms with Gasteiger partial charge in [-0.2, -0.15) is 0 Å². The predicted molar refractivity (Wildman–Crippen MR) is 137 cm³/mol. The quantitative estimate of drug-likeness (QED) is 0.347. The molecular formula is C27H30ClN3O4. The summed E-state index contributed by atoms with van der Waals surface area (Å²) in [6, 6.07) is 9.27. The molecule has 184 valence electrons. The number of amides is 1. The molecule has 0 spiro atoms. The number of piperazine rings is 1. The number of rotatable bonds is 8. The number of carbonyl (C=O) groups is 1. The van der Waals surface area contributed by atoms with E-state index in [1.165, 1.54) is 0 Å². The summed E-state index contributed by atoms with van der Waals surface area (Å²) in [6.45, 7) is 11.6. The number of pyridine rings is 1. The number of nitrogens with zero attached hydrogens (tertiary/aromatic N) is 3. The smallest absolute Gasteiger partial charge is 0.340 e. The molecule has 1 aliphatic heterocycles. The van der Waals surface area contributed by atoms with Gasteiger partial charge in [0.25, 0.3) is 0 Å². The summed E-state index contributed by atoms with van der Waals surface area (Å²) >= 11 is 6.40. The molecule has 0 aliphatic carbocycles. The number of ether oxygens (including phenoxy) is 1. The first-order chi connectivity index (χ1) is 16.8. The molecule has 1 aliphatic rings. The lowest BCUT2D eigenvalue weighted by Crippen LogP contribution is -2.49. The van der Waals surface area contributed by atoms with E-state index >= 15 is 0 Å². The number of fused-ring (bicyclic) bond motifs is 1. The Bertz CT molecular complexity index is 1280. The van der Waals surface area contributed by atoms with Gasteiger partial charge < -0.3 is 14.1 Å². The fraction of sp³-hybridized carbons (Fsp3) is 0.370. The Morgan fingerprint density at radius 2 is 2.00 bits per heavy atom. The first-order valence-corrected chi connectivity index (χ1v) is 12.1. The SMILES string of the molecule is C=C(C)COc1cc2oc(=O)c(CC(=O)N3CCN(CCc4ccccn4)CC3)c(C)c2cc1Cl. The van der Waals surface area contributed by atoms with Crippen molar-refractivity contribution in [2.75, 3.05) is 39.3 Å². The Morgan fingerprint density at radius 3 is 2.69 bits per heavy atom. The van der Waals surface area contributed by atoms with Crippen molar-refractivity contribution in [2.24, 2.45) is 0 Å². The Kier molecular flexibility index (Phi) is 7.88. The zero-order valence-electron chi connectivity index (χ0n) is 20.2. The fourth-order valence-corrected chi connectivity index (χ4v) is 4.43. The van der Waals surface area contributed by atoms with Crippen LogP contribution in [0.4, 0.5) is 0 Å². The predicted octanol–water partition coefficient (Wildman–Crippen LogP) is 4.03. The summed E-state index contributed by atoms with van der Waals surface area (Å²) in [5.74, 6) is 0.353. The Morgan fingerprint density at radius 1 is 1.23 bits per heavy atom. The van der Waals surface area contributed by atoms with Gasteiger partial charge in [0.2, 0.25) is 5.91 Å². The molecular weight excluding hydrogens is 466 g/mol. The third kappa shape index (κ3) is 6.10. The molecule has 0 bridgehead atoms. The molecule has 1 amide bonds. The molecule has 0 N–H and O–H groups in total. The first-order valence-electron chi connectivity index (χ1n) is 11.7. The van der Waals surface area contributed by atoms with Crippen molar-refractivity contribution >= 4 is 28.5 Å². The van der Waals surface area contributed by atoms with Gasteiger partial charge in [0.1, 0.15) is 17.9 Å². The highest BCUT2D eigenvalue weighted by atomic mass is 35.5. The second-order valence-electron chi connectivity index (χ2n) is 8.99. The van der Waals surface area contributed by atoms with E-state index in [0.717, 1.165) is 37.3 Å². The van der Waals surface area contributed by atoms with Crippen molar-refractivity contribution in [1.82, 2.24) is 14.8 Å². The molecule has 0 atom stereocenters. The molecule has 1 fully saturated rings. The maximum Gasteiger partial charge on any atom is 0.340 e. The Labute approximate surface area is 210 Å². The first kappa shape index (κ1) is 24.9. The van der Waals surface area contributed by atoms with Crippen LogP contribution >= 0.6 is 11.6 Å². The Hall–Kier alpha value is -3.16. The van der Waals surface area contributed by atoms with E-state index in [0.29, 0.717) is 52.6 Å². The van der Waals surface area contributed by atoms with Crippen molar-refractivity contribution in [2.45, 2.75) is 26.7 Å². The number of carbonyl (C=O) groups excluding carboxylic acids is 1. The van der Waals surface area contributed by atoms with Crippen molar-refractivity contribution in [1.29, 1.82) is 0 Å². The largest absolute Gasteiger partial charge is 0.488 e. The van der Waals surface area contributed by atoms with Crippen molar-refractivity contribution < 1.29 is 13.9 Å². The van der Waals surface area contributed by atoms with Crippen LogP contribution < -0.4 is 10.4 Å². The molecule has 1 saturated heterocycles. The van der Waals surface area contributed by atoms with E-state index in [1.807, 2.05) is 43.1 Å². The van der Waals surface area contributed by atoms with Gasteiger partial charge in [0.15, 0.2) is 0 Å². The summed E-state index contributed by atoms with van der Waals surface area (Å²) in [5, 5.41) is 1.11. The summed E-state index contributed by atoms with van der Waals surface area (Å²) in [5.41, 5.74) is 2.86. The highest BCUT2D eigenvalue weighted by Gasteiger charge is 2.24. The fourth-order valence-electron chi connectivity index (χ4n) is 4.21. The minimum Gasteiger partial charge on any atom is -0.488 e. The lowest BCUT2D eigenvalue weighted by atomic mass is 10.0. The lowest BCUT2D eigenvalue weighted by molar-refractivity contribution is -0.132. The molecule has 1 aromatic carbocycles. The van der Waals surface area contributed by atoms with Crippen LogP contribution in [0.3, 0.4) is 0 Å². The maximum absolute atomic E-state index is 13.0. The van der Waals surface area contributed by atoms with E-state index < -0.39 is 5.63 Å².